The van der Waals surface area contributed by atoms with Gasteiger partial charge in [-0.2, -0.15) is 0 Å². The molecule has 240 valence electrons. The third-order valence-electron chi connectivity index (χ3n) is 5.95. The molecular formula is C36H46Mo2O8+10. The summed E-state index contributed by atoms with van der Waals surface area (Å²) in [5, 5.41) is 27.0. The Bertz CT molecular complexity index is 1140. The Hall–Kier alpha value is -3.86. The van der Waals surface area contributed by atoms with E-state index in [-0.39, 0.29) is 54.1 Å². The fourth-order valence-electron chi connectivity index (χ4n) is 3.62. The van der Waals surface area contributed by atoms with Gasteiger partial charge in [0.25, 0.3) is 0 Å². The predicted octanol–water partition coefficient (Wildman–Crippen LogP) is 3.43. The molecule has 4 aromatic carbocycles. The van der Waals surface area contributed by atoms with E-state index in [0.29, 0.717) is 38.5 Å². The van der Waals surface area contributed by atoms with Crippen LogP contribution in [0.5, 0.6) is 0 Å². The van der Waals surface area contributed by atoms with Crippen LogP contribution in [0.2, 0.25) is 0 Å². The number of carbonyl (C=O) groups excluding carboxylic acids is 4. The average molecular weight is 799 g/mol. The Balaban J connectivity index is 0. The molecule has 0 atom stereocenters. The molecule has 46 heavy (non-hydrogen) atoms. The SMILES string of the molecule is O=C([OH2+])CCc1ccccc1.O=C([OH2+])CCc1ccccc1.[Mo+2].[Mo+2].[OH+]=C([OH2+])CCc1ccccc1.[OH+]=C([OH2+])CCc1ccccc1. The van der Waals surface area contributed by atoms with Crippen molar-refractivity contribution < 1.29 is 81.7 Å². The second-order valence-electron chi connectivity index (χ2n) is 9.68. The summed E-state index contributed by atoms with van der Waals surface area (Å²) < 4.78 is 0. The van der Waals surface area contributed by atoms with Crippen molar-refractivity contribution in [3.05, 3.63) is 144 Å². The van der Waals surface area contributed by atoms with Crippen LogP contribution in [0.15, 0.2) is 121 Å². The zero-order valence-electron chi connectivity index (χ0n) is 25.7. The van der Waals surface area contributed by atoms with Gasteiger partial charge in [-0.1, -0.05) is 121 Å². The molecule has 8 nitrogen and oxygen atoms in total. The van der Waals surface area contributed by atoms with Gasteiger partial charge < -0.3 is 20.4 Å². The Labute approximate surface area is 299 Å². The maximum absolute atomic E-state index is 10.3. The molecule has 0 saturated carbocycles. The van der Waals surface area contributed by atoms with E-state index in [0.717, 1.165) is 35.1 Å². The van der Waals surface area contributed by atoms with E-state index < -0.39 is 11.9 Å². The average Bonchev–Trinajstić information content (AvgIpc) is 3.04. The third kappa shape index (κ3) is 26.5. The van der Waals surface area contributed by atoms with Gasteiger partial charge in [0.2, 0.25) is 0 Å². The summed E-state index contributed by atoms with van der Waals surface area (Å²) in [6.45, 7) is 0. The maximum Gasteiger partial charge on any atom is 2.00 e. The van der Waals surface area contributed by atoms with Gasteiger partial charge in [-0.3, -0.25) is 0 Å². The van der Waals surface area contributed by atoms with Crippen molar-refractivity contribution in [2.75, 3.05) is 0 Å². The van der Waals surface area contributed by atoms with Gasteiger partial charge in [0.1, 0.15) is 12.8 Å². The number of carbonyl (C=O) groups is 2. The quantitative estimate of drug-likeness (QED) is 0.158. The van der Waals surface area contributed by atoms with Crippen molar-refractivity contribution in [1.82, 2.24) is 0 Å². The molecule has 0 bridgehead atoms. The minimum atomic E-state index is -0.492. The van der Waals surface area contributed by atoms with Crippen LogP contribution in [0.4, 0.5) is 0 Å². The molecule has 0 heterocycles. The van der Waals surface area contributed by atoms with E-state index in [2.05, 4.69) is 0 Å². The van der Waals surface area contributed by atoms with Gasteiger partial charge in [-0.25, -0.2) is 9.59 Å². The largest absolute Gasteiger partial charge is 2.00 e. The smallest absolute Gasteiger partial charge is 0.565 e. The normalized spacial score (nSPS) is 9.04. The predicted molar refractivity (Wildman–Crippen MR) is 177 cm³/mol. The molecule has 0 unspecified atom stereocenters. The number of aryl methyl sites for hydroxylation is 4. The minimum absolute atomic E-state index is 0. The standard InChI is InChI=1S/4C9H10O2.2Mo/c4*10-9(11)7-6-8-4-2-1-3-5-8;;/h4*1-5H,6-7H2,(H,10,11);;/q;;;;2*+2/p+6. The van der Waals surface area contributed by atoms with Crippen LogP contribution in [0.1, 0.15) is 47.9 Å². The molecular weight excluding hydrogens is 752 g/mol. The number of hydrogen-bond acceptors (Lipinski definition) is 2. The summed E-state index contributed by atoms with van der Waals surface area (Å²) in [6, 6.07) is 39.1. The summed E-state index contributed by atoms with van der Waals surface area (Å²) in [5.41, 5.74) is 4.55. The van der Waals surface area contributed by atoms with Gasteiger partial charge in [-0.15, -0.1) is 0 Å². The van der Waals surface area contributed by atoms with E-state index in [1.165, 1.54) is 0 Å². The Morgan fingerprint density at radius 3 is 0.761 bits per heavy atom. The fourth-order valence-corrected chi connectivity index (χ4v) is 3.62. The second kappa shape index (κ2) is 28.6. The van der Waals surface area contributed by atoms with Crippen LogP contribution >= 0.6 is 0 Å². The number of benzene rings is 4. The monoisotopic (exact) mass is 802 g/mol. The van der Waals surface area contributed by atoms with Crippen LogP contribution in [0.25, 0.3) is 0 Å². The number of hydrogen-bond donors (Lipinski definition) is 0. The van der Waals surface area contributed by atoms with Crippen LogP contribution in [-0.2, 0) is 77.4 Å². The molecule has 0 aliphatic heterocycles. The third-order valence-corrected chi connectivity index (χ3v) is 5.95. The van der Waals surface area contributed by atoms with Crippen molar-refractivity contribution in [3.8, 4) is 0 Å². The van der Waals surface area contributed by atoms with E-state index in [9.17, 15) is 9.59 Å². The molecule has 10 heteroatoms. The molecule has 0 saturated heterocycles. The molecule has 10 N–H and O–H groups in total. The van der Waals surface area contributed by atoms with Crippen molar-refractivity contribution in [3.63, 3.8) is 0 Å². The summed E-state index contributed by atoms with van der Waals surface area (Å²) in [5.74, 6) is -1.47. The molecule has 4 aromatic rings. The summed E-state index contributed by atoms with van der Waals surface area (Å²) in [6.07, 6.45) is 4.38. The maximum atomic E-state index is 10.3. The topological polar surface area (TPSA) is 169 Å². The van der Waals surface area contributed by atoms with Crippen molar-refractivity contribution in [2.45, 2.75) is 51.4 Å². The van der Waals surface area contributed by atoms with Crippen LogP contribution in [0.3, 0.4) is 0 Å². The van der Waals surface area contributed by atoms with Crippen LogP contribution < -0.4 is 0 Å². The van der Waals surface area contributed by atoms with Gasteiger partial charge in [-0.05, 0) is 47.9 Å². The van der Waals surface area contributed by atoms with Gasteiger partial charge in [0.15, 0.2) is 12.8 Å². The number of rotatable bonds is 12. The van der Waals surface area contributed by atoms with E-state index in [1.54, 1.807) is 0 Å². The molecule has 4 rings (SSSR count). The molecule has 0 spiro atoms. The Morgan fingerprint density at radius 2 is 0.587 bits per heavy atom. The molecule has 0 aromatic heterocycles. The summed E-state index contributed by atoms with van der Waals surface area (Å²) in [4.78, 5) is 37.8. The molecule has 0 aliphatic carbocycles. The zero-order valence-corrected chi connectivity index (χ0v) is 29.7. The van der Waals surface area contributed by atoms with Crippen LogP contribution in [-0.4, -0.2) is 53.9 Å². The Morgan fingerprint density at radius 1 is 0.391 bits per heavy atom. The van der Waals surface area contributed by atoms with E-state index in [4.69, 9.17) is 30.0 Å². The summed E-state index contributed by atoms with van der Waals surface area (Å²) in [7, 11) is 0. The fraction of sp³-hybridized carbons (Fsp3) is 0.222. The van der Waals surface area contributed by atoms with E-state index >= 15 is 0 Å². The van der Waals surface area contributed by atoms with Crippen LogP contribution in [0, 0.1) is 0 Å². The van der Waals surface area contributed by atoms with Gasteiger partial charge in [0.05, 0.1) is 0 Å². The zero-order chi connectivity index (χ0) is 32.4. The minimum Gasteiger partial charge on any atom is -0.565 e. The first-order valence-corrected chi connectivity index (χ1v) is 14.3. The molecule has 0 fully saturated rings. The van der Waals surface area contributed by atoms with Crippen molar-refractivity contribution in [2.24, 2.45) is 0 Å². The second-order valence-corrected chi connectivity index (χ2v) is 9.68. The first kappa shape index (κ1) is 44.3. The summed E-state index contributed by atoms with van der Waals surface area (Å²) >= 11 is 0. The van der Waals surface area contributed by atoms with Crippen molar-refractivity contribution >= 4 is 23.9 Å². The first-order valence-electron chi connectivity index (χ1n) is 14.3. The molecule has 0 amide bonds. The van der Waals surface area contributed by atoms with Crippen molar-refractivity contribution in [1.29, 1.82) is 0 Å². The van der Waals surface area contributed by atoms with Gasteiger partial charge >= 0.3 is 66.0 Å². The van der Waals surface area contributed by atoms with Gasteiger partial charge in [0, 0.05) is 9.59 Å². The van der Waals surface area contributed by atoms with E-state index in [1.807, 2.05) is 121 Å². The Kier molecular flexibility index (Phi) is 27.5. The molecule has 0 radical (unpaired) electrons. The first-order chi connectivity index (χ1) is 21.2. The molecule has 0 aliphatic rings.